The van der Waals surface area contributed by atoms with E-state index in [-0.39, 0.29) is 11.4 Å². The predicted octanol–water partition coefficient (Wildman–Crippen LogP) is 2.86. The van der Waals surface area contributed by atoms with Crippen LogP contribution in [0, 0.1) is 5.82 Å². The first-order valence-corrected chi connectivity index (χ1v) is 7.85. The van der Waals surface area contributed by atoms with E-state index in [9.17, 15) is 4.39 Å². The first-order chi connectivity index (χ1) is 9.97. The Hall–Kier alpha value is -1.13. The monoisotopic (exact) mass is 293 g/mol. The van der Waals surface area contributed by atoms with Gasteiger partial charge in [0.05, 0.1) is 0 Å². The maximum Gasteiger partial charge on any atom is 0.125 e. The molecule has 1 aromatic rings. The molecule has 1 saturated carbocycles. The van der Waals surface area contributed by atoms with Gasteiger partial charge in [-0.25, -0.2) is 4.39 Å². The lowest BCUT2D eigenvalue weighted by molar-refractivity contribution is 0.0683. The molecule has 1 aliphatic rings. The number of benzene rings is 1. The van der Waals surface area contributed by atoms with Crippen molar-refractivity contribution in [1.82, 2.24) is 10.2 Å². The zero-order valence-electron chi connectivity index (χ0n) is 13.7. The smallest absolute Gasteiger partial charge is 0.125 e. The molecule has 0 spiro atoms. The van der Waals surface area contributed by atoms with Gasteiger partial charge in [-0.05, 0) is 63.7 Å². The van der Waals surface area contributed by atoms with Gasteiger partial charge in [-0.15, -0.1) is 0 Å². The Morgan fingerprint density at radius 3 is 2.43 bits per heavy atom. The number of rotatable bonds is 7. The Morgan fingerprint density at radius 2 is 1.90 bits per heavy atom. The molecule has 0 unspecified atom stereocenters. The second-order valence-corrected chi connectivity index (χ2v) is 6.43. The minimum Gasteiger partial charge on any atom is -0.373 e. The highest BCUT2D eigenvalue weighted by Gasteiger charge is 2.39. The Balaban J connectivity index is 2.11. The summed E-state index contributed by atoms with van der Waals surface area (Å²) < 4.78 is 13.8. The van der Waals surface area contributed by atoms with Crippen LogP contribution in [0.4, 0.5) is 10.1 Å². The molecule has 1 N–H and O–H groups in total. The molecule has 0 radical (unpaired) electrons. The fourth-order valence-electron chi connectivity index (χ4n) is 3.09. The molecule has 21 heavy (non-hydrogen) atoms. The van der Waals surface area contributed by atoms with Crippen molar-refractivity contribution in [2.45, 2.75) is 38.3 Å². The van der Waals surface area contributed by atoms with Crippen molar-refractivity contribution in [2.24, 2.45) is 0 Å². The van der Waals surface area contributed by atoms with Crippen LogP contribution in [-0.4, -0.2) is 44.7 Å². The third-order valence-electron chi connectivity index (χ3n) is 4.73. The lowest BCUT2D eigenvalue weighted by Crippen LogP contribution is -2.56. The molecule has 118 valence electrons. The van der Waals surface area contributed by atoms with Gasteiger partial charge in [-0.1, -0.05) is 6.92 Å². The third-order valence-corrected chi connectivity index (χ3v) is 4.73. The van der Waals surface area contributed by atoms with Gasteiger partial charge in [0.25, 0.3) is 0 Å². The van der Waals surface area contributed by atoms with Crippen molar-refractivity contribution >= 4 is 5.69 Å². The lowest BCUT2D eigenvalue weighted by Gasteiger charge is -2.49. The highest BCUT2D eigenvalue weighted by molar-refractivity contribution is 5.49. The Morgan fingerprint density at radius 1 is 1.19 bits per heavy atom. The van der Waals surface area contributed by atoms with Gasteiger partial charge in [0.15, 0.2) is 0 Å². The molecule has 1 aromatic carbocycles. The third kappa shape index (κ3) is 3.74. The lowest BCUT2D eigenvalue weighted by atomic mass is 9.75. The van der Waals surface area contributed by atoms with Gasteiger partial charge in [0, 0.05) is 31.4 Å². The van der Waals surface area contributed by atoms with Crippen LogP contribution in [0.5, 0.6) is 0 Å². The summed E-state index contributed by atoms with van der Waals surface area (Å²) in [5.41, 5.74) is 2.23. The van der Waals surface area contributed by atoms with Crippen LogP contribution in [-0.2, 0) is 6.54 Å². The Labute approximate surface area is 128 Å². The number of anilines is 1. The van der Waals surface area contributed by atoms with E-state index in [2.05, 4.69) is 49.2 Å². The second kappa shape index (κ2) is 6.75. The van der Waals surface area contributed by atoms with Crippen molar-refractivity contribution in [1.29, 1.82) is 0 Å². The second-order valence-electron chi connectivity index (χ2n) is 6.43. The average Bonchev–Trinajstić information content (AvgIpc) is 2.39. The van der Waals surface area contributed by atoms with E-state index in [4.69, 9.17) is 0 Å². The number of hydrogen-bond acceptors (Lipinski definition) is 3. The Kier molecular flexibility index (Phi) is 5.22. The normalized spacial score (nSPS) is 16.9. The molecule has 0 bridgehead atoms. The van der Waals surface area contributed by atoms with Crippen LogP contribution in [0.25, 0.3) is 0 Å². The van der Waals surface area contributed by atoms with Crippen LogP contribution in [0.3, 0.4) is 0 Å². The fourth-order valence-corrected chi connectivity index (χ4v) is 3.09. The summed E-state index contributed by atoms with van der Waals surface area (Å²) in [6.45, 7) is 4.62. The van der Waals surface area contributed by atoms with Gasteiger partial charge in [0.2, 0.25) is 0 Å². The number of nitrogens with zero attached hydrogens (tertiary/aromatic N) is 2. The van der Waals surface area contributed by atoms with Crippen LogP contribution in [0.2, 0.25) is 0 Å². The summed E-state index contributed by atoms with van der Waals surface area (Å²) in [6, 6.07) is 5.34. The van der Waals surface area contributed by atoms with E-state index in [1.165, 1.54) is 19.3 Å². The summed E-state index contributed by atoms with van der Waals surface area (Å²) in [5.74, 6) is -0.153. The topological polar surface area (TPSA) is 18.5 Å². The first kappa shape index (κ1) is 16.2. The van der Waals surface area contributed by atoms with Gasteiger partial charge < -0.3 is 15.1 Å². The quantitative estimate of drug-likeness (QED) is 0.834. The molecule has 4 heteroatoms. The van der Waals surface area contributed by atoms with Gasteiger partial charge >= 0.3 is 0 Å². The van der Waals surface area contributed by atoms with Crippen molar-refractivity contribution in [3.05, 3.63) is 29.6 Å². The minimum atomic E-state index is -0.153. The molecular formula is C17H28FN3. The summed E-state index contributed by atoms with van der Waals surface area (Å²) in [4.78, 5) is 4.52. The predicted molar refractivity (Wildman–Crippen MR) is 87.3 cm³/mol. The van der Waals surface area contributed by atoms with Gasteiger partial charge in [-0.3, -0.25) is 0 Å². The van der Waals surface area contributed by atoms with Crippen LogP contribution < -0.4 is 10.2 Å². The zero-order chi connectivity index (χ0) is 15.5. The molecule has 3 nitrogen and oxygen atoms in total. The van der Waals surface area contributed by atoms with Crippen LogP contribution in [0.1, 0.15) is 31.7 Å². The molecule has 0 aliphatic heterocycles. The maximum atomic E-state index is 13.8. The summed E-state index contributed by atoms with van der Waals surface area (Å²) >= 11 is 0. The van der Waals surface area contributed by atoms with Crippen molar-refractivity contribution in [2.75, 3.05) is 39.1 Å². The number of hydrogen-bond donors (Lipinski definition) is 1. The summed E-state index contributed by atoms with van der Waals surface area (Å²) in [6.07, 6.45) is 3.74. The molecule has 0 heterocycles. The van der Waals surface area contributed by atoms with E-state index in [1.807, 2.05) is 0 Å². The molecular weight excluding hydrogens is 265 g/mol. The standard InChI is InChI=1S/C17H28FN3/c1-5-19-12-14-9-15(18)11-16(10-14)21(4)13-17(20(2)3)7-6-8-17/h9-11,19H,5-8,12-13H2,1-4H3. The highest BCUT2D eigenvalue weighted by Crippen LogP contribution is 2.37. The zero-order valence-corrected chi connectivity index (χ0v) is 13.7. The number of halogens is 1. The number of likely N-dealkylation sites (N-methyl/N-ethyl adjacent to an activating group) is 2. The molecule has 0 atom stereocenters. The van der Waals surface area contributed by atoms with Gasteiger partial charge in [-0.2, -0.15) is 0 Å². The number of nitrogens with one attached hydrogen (secondary N) is 1. The molecule has 0 aromatic heterocycles. The largest absolute Gasteiger partial charge is 0.373 e. The molecule has 0 saturated heterocycles. The SMILES string of the molecule is CCNCc1cc(F)cc(N(C)CC2(N(C)C)CCC2)c1. The van der Waals surface area contributed by atoms with Crippen LogP contribution in [0.15, 0.2) is 18.2 Å². The summed E-state index contributed by atoms with van der Waals surface area (Å²) in [5, 5.41) is 3.25. The fraction of sp³-hybridized carbons (Fsp3) is 0.647. The summed E-state index contributed by atoms with van der Waals surface area (Å²) in [7, 11) is 6.36. The van der Waals surface area contributed by atoms with Crippen molar-refractivity contribution < 1.29 is 4.39 Å². The van der Waals surface area contributed by atoms with E-state index in [1.54, 1.807) is 12.1 Å². The van der Waals surface area contributed by atoms with Crippen molar-refractivity contribution in [3.63, 3.8) is 0 Å². The van der Waals surface area contributed by atoms with E-state index >= 15 is 0 Å². The van der Waals surface area contributed by atoms with E-state index in [0.717, 1.165) is 24.3 Å². The van der Waals surface area contributed by atoms with E-state index < -0.39 is 0 Å². The minimum absolute atomic E-state index is 0.153. The average molecular weight is 293 g/mol. The first-order valence-electron chi connectivity index (χ1n) is 7.85. The Bertz CT molecular complexity index is 469. The molecule has 1 fully saturated rings. The molecule has 2 rings (SSSR count). The highest BCUT2D eigenvalue weighted by atomic mass is 19.1. The van der Waals surface area contributed by atoms with Crippen molar-refractivity contribution in [3.8, 4) is 0 Å². The van der Waals surface area contributed by atoms with E-state index in [0.29, 0.717) is 6.54 Å². The van der Waals surface area contributed by atoms with Gasteiger partial charge in [0.1, 0.15) is 5.82 Å². The molecule has 0 amide bonds. The maximum absolute atomic E-state index is 13.8. The van der Waals surface area contributed by atoms with Crippen LogP contribution >= 0.6 is 0 Å². The molecule has 1 aliphatic carbocycles.